The Morgan fingerprint density at radius 1 is 0.857 bits per heavy atom. The Bertz CT molecular complexity index is 1140. The number of aliphatic imine (C=N–C) groups is 1. The molecule has 5 heteroatoms. The molecule has 0 N–H and O–H groups in total. The van der Waals surface area contributed by atoms with Crippen molar-refractivity contribution in [1.29, 1.82) is 0 Å². The first kappa shape index (κ1) is 17.2. The fourth-order valence-electron chi connectivity index (χ4n) is 3.64. The van der Waals surface area contributed by atoms with Gasteiger partial charge in [0, 0.05) is 11.3 Å². The Hall–Kier alpha value is -2.92. The first-order valence-corrected chi connectivity index (χ1v) is 9.97. The molecule has 4 aromatic rings. The van der Waals surface area contributed by atoms with Gasteiger partial charge in [0.25, 0.3) is 0 Å². The molecule has 28 heavy (non-hydrogen) atoms. The minimum Gasteiger partial charge on any atom is -0.281 e. The zero-order chi connectivity index (χ0) is 19.1. The molecule has 1 aromatic heterocycles. The lowest BCUT2D eigenvalue weighted by Gasteiger charge is -2.07. The lowest BCUT2D eigenvalue weighted by atomic mass is 10.0. The van der Waals surface area contributed by atoms with Crippen LogP contribution >= 0.6 is 11.3 Å². The molecule has 5 rings (SSSR count). The normalized spacial score (nSPS) is 16.5. The molecule has 0 spiro atoms. The summed E-state index contributed by atoms with van der Waals surface area (Å²) < 4.78 is 29.2. The van der Waals surface area contributed by atoms with E-state index in [1.54, 1.807) is 11.3 Å². The smallest absolute Gasteiger partial charge is 0.135 e. The van der Waals surface area contributed by atoms with Crippen molar-refractivity contribution < 1.29 is 8.78 Å². The van der Waals surface area contributed by atoms with Crippen molar-refractivity contribution in [3.05, 3.63) is 89.5 Å². The molecule has 1 unspecified atom stereocenters. The van der Waals surface area contributed by atoms with Crippen LogP contribution in [-0.4, -0.2) is 10.7 Å². The molecule has 138 valence electrons. The number of hydrogen-bond donors (Lipinski definition) is 0. The highest BCUT2D eigenvalue weighted by Gasteiger charge is 2.24. The van der Waals surface area contributed by atoms with Gasteiger partial charge in [-0.1, -0.05) is 42.5 Å². The summed E-state index contributed by atoms with van der Waals surface area (Å²) >= 11 is 1.67. The fraction of sp³-hybridized carbons (Fsp3) is 0.130. The predicted octanol–water partition coefficient (Wildman–Crippen LogP) is 6.57. The number of thiazole rings is 1. The van der Waals surface area contributed by atoms with Gasteiger partial charge >= 0.3 is 0 Å². The zero-order valence-corrected chi connectivity index (χ0v) is 15.7. The van der Waals surface area contributed by atoms with Crippen molar-refractivity contribution in [3.63, 3.8) is 0 Å². The van der Waals surface area contributed by atoms with Gasteiger partial charge in [-0.2, -0.15) is 0 Å². The number of halogens is 2. The van der Waals surface area contributed by atoms with Crippen LogP contribution in [0.4, 0.5) is 8.78 Å². The second-order valence-electron chi connectivity index (χ2n) is 6.84. The van der Waals surface area contributed by atoms with Gasteiger partial charge in [-0.15, -0.1) is 11.3 Å². The molecule has 0 saturated carbocycles. The molecule has 2 nitrogen and oxygen atoms in total. The van der Waals surface area contributed by atoms with Gasteiger partial charge in [-0.3, -0.25) is 4.99 Å². The number of nitrogens with zero attached hydrogens (tertiary/aromatic N) is 2. The molecule has 1 aliphatic heterocycles. The van der Waals surface area contributed by atoms with Gasteiger partial charge in [0.1, 0.15) is 16.6 Å². The summed E-state index contributed by atoms with van der Waals surface area (Å²) in [5.41, 5.74) is 3.64. The molecule has 3 aromatic carbocycles. The molecule has 2 heterocycles. The van der Waals surface area contributed by atoms with E-state index in [1.165, 1.54) is 22.9 Å². The molecular weight excluding hydrogens is 374 g/mol. The average molecular weight is 390 g/mol. The Morgan fingerprint density at radius 2 is 1.61 bits per heavy atom. The second kappa shape index (κ2) is 6.91. The molecule has 0 aliphatic carbocycles. The van der Waals surface area contributed by atoms with Crippen LogP contribution in [0.2, 0.25) is 0 Å². The lowest BCUT2D eigenvalue weighted by molar-refractivity contribution is 0.578. The van der Waals surface area contributed by atoms with E-state index in [9.17, 15) is 8.78 Å². The number of hydrogen-bond acceptors (Lipinski definition) is 3. The van der Waals surface area contributed by atoms with Crippen LogP contribution in [0.5, 0.6) is 0 Å². The standard InChI is InChI=1S/C23H16F2N2S/c24-16-4-3-5-17(25)22(16)20-13-12-18(26-20)14-8-10-15(11-9-14)23-27-19-6-1-2-7-21(19)28-23/h1-11,18H,12-13H2. The number of rotatable bonds is 3. The lowest BCUT2D eigenvalue weighted by Crippen LogP contribution is -2.03. The van der Waals surface area contributed by atoms with Crippen molar-refractivity contribution in [1.82, 2.24) is 4.98 Å². The first-order valence-electron chi connectivity index (χ1n) is 9.16. The molecule has 1 aliphatic rings. The SMILES string of the molecule is Fc1cccc(F)c1C1=NC(c2ccc(-c3nc4ccccc4s3)cc2)CC1. The van der Waals surface area contributed by atoms with Crippen molar-refractivity contribution >= 4 is 27.3 Å². The van der Waals surface area contributed by atoms with Crippen molar-refractivity contribution in [3.8, 4) is 10.6 Å². The number of fused-ring (bicyclic) bond motifs is 1. The number of benzene rings is 3. The van der Waals surface area contributed by atoms with E-state index >= 15 is 0 Å². The maximum absolute atomic E-state index is 14.0. The maximum Gasteiger partial charge on any atom is 0.135 e. The van der Waals surface area contributed by atoms with Crippen LogP contribution in [0.1, 0.15) is 30.0 Å². The minimum atomic E-state index is -0.550. The molecule has 1 atom stereocenters. The largest absolute Gasteiger partial charge is 0.281 e. The summed E-state index contributed by atoms with van der Waals surface area (Å²) in [5.74, 6) is -1.10. The maximum atomic E-state index is 14.0. The van der Waals surface area contributed by atoms with Gasteiger partial charge in [0.05, 0.1) is 21.8 Å². The summed E-state index contributed by atoms with van der Waals surface area (Å²) in [6, 6.07) is 20.1. The average Bonchev–Trinajstić information content (AvgIpc) is 3.35. The van der Waals surface area contributed by atoms with E-state index in [0.717, 1.165) is 28.1 Å². The van der Waals surface area contributed by atoms with E-state index in [1.807, 2.05) is 42.5 Å². The van der Waals surface area contributed by atoms with Gasteiger partial charge in [-0.25, -0.2) is 13.8 Å². The van der Waals surface area contributed by atoms with Crippen LogP contribution < -0.4 is 0 Å². The fourth-order valence-corrected chi connectivity index (χ4v) is 4.61. The van der Waals surface area contributed by atoms with E-state index in [2.05, 4.69) is 16.0 Å². The van der Waals surface area contributed by atoms with Crippen LogP contribution in [-0.2, 0) is 0 Å². The van der Waals surface area contributed by atoms with Crippen LogP contribution in [0.25, 0.3) is 20.8 Å². The second-order valence-corrected chi connectivity index (χ2v) is 7.87. The highest BCUT2D eigenvalue weighted by molar-refractivity contribution is 7.21. The van der Waals surface area contributed by atoms with Gasteiger partial charge in [0.2, 0.25) is 0 Å². The Labute approximate surface area is 165 Å². The zero-order valence-electron chi connectivity index (χ0n) is 14.9. The highest BCUT2D eigenvalue weighted by atomic mass is 32.1. The Balaban J connectivity index is 1.42. The van der Waals surface area contributed by atoms with Crippen LogP contribution in [0.3, 0.4) is 0 Å². The summed E-state index contributed by atoms with van der Waals surface area (Å²) in [7, 11) is 0. The Kier molecular flexibility index (Phi) is 4.24. The van der Waals surface area contributed by atoms with E-state index in [4.69, 9.17) is 0 Å². The van der Waals surface area contributed by atoms with E-state index in [-0.39, 0.29) is 11.6 Å². The number of para-hydroxylation sites is 1. The quantitative estimate of drug-likeness (QED) is 0.389. The van der Waals surface area contributed by atoms with Gasteiger partial charge < -0.3 is 0 Å². The predicted molar refractivity (Wildman–Crippen MR) is 110 cm³/mol. The minimum absolute atomic E-state index is 0.0103. The third-order valence-electron chi connectivity index (χ3n) is 5.05. The summed E-state index contributed by atoms with van der Waals surface area (Å²) in [4.78, 5) is 9.30. The summed E-state index contributed by atoms with van der Waals surface area (Å²) in [5, 5.41) is 0.983. The monoisotopic (exact) mass is 390 g/mol. The van der Waals surface area contributed by atoms with Crippen molar-refractivity contribution in [2.24, 2.45) is 4.99 Å². The molecule has 0 fully saturated rings. The van der Waals surface area contributed by atoms with E-state index < -0.39 is 11.6 Å². The van der Waals surface area contributed by atoms with Gasteiger partial charge in [-0.05, 0) is 42.7 Å². The van der Waals surface area contributed by atoms with E-state index in [0.29, 0.717) is 12.1 Å². The first-order chi connectivity index (χ1) is 13.7. The molecule has 0 amide bonds. The molecule has 0 saturated heterocycles. The highest BCUT2D eigenvalue weighted by Crippen LogP contribution is 2.35. The van der Waals surface area contributed by atoms with Crippen LogP contribution in [0.15, 0.2) is 71.7 Å². The van der Waals surface area contributed by atoms with Crippen molar-refractivity contribution in [2.45, 2.75) is 18.9 Å². The third kappa shape index (κ3) is 3.02. The number of aromatic nitrogens is 1. The van der Waals surface area contributed by atoms with Crippen LogP contribution in [0, 0.1) is 11.6 Å². The molecule has 0 bridgehead atoms. The summed E-state index contributed by atoms with van der Waals surface area (Å²) in [6.07, 6.45) is 1.33. The van der Waals surface area contributed by atoms with Crippen molar-refractivity contribution in [2.75, 3.05) is 0 Å². The molecular formula is C23H16F2N2S. The topological polar surface area (TPSA) is 25.2 Å². The Morgan fingerprint density at radius 3 is 2.36 bits per heavy atom. The molecule has 0 radical (unpaired) electrons. The van der Waals surface area contributed by atoms with Gasteiger partial charge in [0.15, 0.2) is 0 Å². The summed E-state index contributed by atoms with van der Waals surface area (Å²) in [6.45, 7) is 0. The third-order valence-corrected chi connectivity index (χ3v) is 6.14.